The summed E-state index contributed by atoms with van der Waals surface area (Å²) in [5, 5.41) is 8.44. The molecule has 0 bridgehead atoms. The van der Waals surface area contributed by atoms with Gasteiger partial charge >= 0.3 is 0 Å². The molecule has 0 saturated carbocycles. The van der Waals surface area contributed by atoms with Crippen LogP contribution in [0.1, 0.15) is 10.4 Å². The number of ketones is 1. The van der Waals surface area contributed by atoms with Crippen LogP contribution in [0.3, 0.4) is 0 Å². The maximum Gasteiger partial charge on any atom is 0.262 e. The lowest BCUT2D eigenvalue weighted by Gasteiger charge is -1.95. The van der Waals surface area contributed by atoms with Crippen LogP contribution in [-0.2, 0) is 7.05 Å². The van der Waals surface area contributed by atoms with E-state index in [1.165, 1.54) is 0 Å². The van der Waals surface area contributed by atoms with Crippen molar-refractivity contribution in [1.82, 2.24) is 9.55 Å². The van der Waals surface area contributed by atoms with Crippen molar-refractivity contribution in [3.05, 3.63) is 30.1 Å². The first-order valence-corrected chi connectivity index (χ1v) is 4.08. The molecule has 0 amide bonds. The average Bonchev–Trinajstić information content (AvgIpc) is 2.59. The van der Waals surface area contributed by atoms with Crippen LogP contribution in [0.15, 0.2) is 24.5 Å². The number of rotatable bonds is 1. The number of imidazole rings is 1. The Labute approximate surface area is 80.4 Å². The Morgan fingerprint density at radius 2 is 2.36 bits per heavy atom. The second-order valence-corrected chi connectivity index (χ2v) is 3.00. The van der Waals surface area contributed by atoms with E-state index in [0.717, 1.165) is 11.0 Å². The van der Waals surface area contributed by atoms with E-state index >= 15 is 0 Å². The molecule has 0 N–H and O–H groups in total. The molecule has 0 unspecified atom stereocenters. The van der Waals surface area contributed by atoms with Gasteiger partial charge in [0.25, 0.3) is 5.78 Å². The van der Waals surface area contributed by atoms with Crippen LogP contribution in [0.2, 0.25) is 0 Å². The first-order valence-electron chi connectivity index (χ1n) is 4.08. The fraction of sp³-hybridized carbons (Fsp3) is 0.100. The molecule has 0 spiro atoms. The van der Waals surface area contributed by atoms with Crippen molar-refractivity contribution in [2.45, 2.75) is 0 Å². The van der Waals surface area contributed by atoms with Gasteiger partial charge in [-0.15, -0.1) is 0 Å². The first-order chi connectivity index (χ1) is 6.72. The van der Waals surface area contributed by atoms with E-state index in [2.05, 4.69) is 4.98 Å². The van der Waals surface area contributed by atoms with Gasteiger partial charge in [0.2, 0.25) is 0 Å². The molecule has 0 aliphatic rings. The lowest BCUT2D eigenvalue weighted by atomic mass is 10.1. The summed E-state index contributed by atoms with van der Waals surface area (Å²) in [6.07, 6.45) is 1.67. The van der Waals surface area contributed by atoms with E-state index in [-0.39, 0.29) is 0 Å². The largest absolute Gasteiger partial charge is 0.334 e. The molecule has 1 aromatic carbocycles. The zero-order chi connectivity index (χ0) is 10.1. The van der Waals surface area contributed by atoms with Gasteiger partial charge in [-0.3, -0.25) is 4.79 Å². The van der Waals surface area contributed by atoms with Gasteiger partial charge in [0.1, 0.15) is 6.07 Å². The molecule has 0 radical (unpaired) electrons. The number of nitrogens with zero attached hydrogens (tertiary/aromatic N) is 3. The second-order valence-electron chi connectivity index (χ2n) is 3.00. The zero-order valence-corrected chi connectivity index (χ0v) is 7.56. The van der Waals surface area contributed by atoms with Crippen molar-refractivity contribution < 1.29 is 4.79 Å². The fourth-order valence-electron chi connectivity index (χ4n) is 1.34. The lowest BCUT2D eigenvalue weighted by molar-refractivity contribution is 0.105. The topological polar surface area (TPSA) is 58.7 Å². The highest BCUT2D eigenvalue weighted by Crippen LogP contribution is 2.13. The maximum atomic E-state index is 11.1. The minimum Gasteiger partial charge on any atom is -0.334 e. The van der Waals surface area contributed by atoms with Crippen LogP contribution in [0.4, 0.5) is 0 Å². The Kier molecular flexibility index (Phi) is 1.79. The summed E-state index contributed by atoms with van der Waals surface area (Å²) in [6, 6.07) is 6.62. The minimum absolute atomic E-state index is 0.388. The molecule has 0 atom stereocenters. The molecular formula is C10H7N3O. The summed E-state index contributed by atoms with van der Waals surface area (Å²) in [5.74, 6) is -0.530. The van der Waals surface area contributed by atoms with Gasteiger partial charge < -0.3 is 4.57 Å². The molecule has 2 aromatic rings. The standard InChI is InChI=1S/C10H7N3O/c1-13-6-12-8-4-7(10(14)5-11)2-3-9(8)13/h2-4,6H,1H3. The number of benzene rings is 1. The summed E-state index contributed by atoms with van der Waals surface area (Å²) >= 11 is 0. The third kappa shape index (κ3) is 1.15. The van der Waals surface area contributed by atoms with Gasteiger partial charge in [-0.05, 0) is 18.2 Å². The number of nitriles is 1. The molecule has 0 fully saturated rings. The highest BCUT2D eigenvalue weighted by molar-refractivity contribution is 6.08. The molecule has 4 nitrogen and oxygen atoms in total. The van der Waals surface area contributed by atoms with Crippen molar-refractivity contribution in [3.8, 4) is 6.07 Å². The summed E-state index contributed by atoms with van der Waals surface area (Å²) in [4.78, 5) is 15.2. The number of hydrogen-bond donors (Lipinski definition) is 0. The second kappa shape index (κ2) is 2.96. The van der Waals surface area contributed by atoms with Crippen LogP contribution < -0.4 is 0 Å². The summed E-state index contributed by atoms with van der Waals surface area (Å²) in [7, 11) is 1.88. The van der Waals surface area contributed by atoms with Crippen molar-refractivity contribution >= 4 is 16.8 Å². The molecule has 1 aromatic heterocycles. The molecule has 4 heteroatoms. The molecule has 2 rings (SSSR count). The van der Waals surface area contributed by atoms with Crippen molar-refractivity contribution in [2.24, 2.45) is 7.05 Å². The SMILES string of the molecule is Cn1cnc2cc(C(=O)C#N)ccc21. The van der Waals surface area contributed by atoms with Gasteiger partial charge in [0, 0.05) is 12.6 Å². The number of hydrogen-bond acceptors (Lipinski definition) is 3. The van der Waals surface area contributed by atoms with Crippen LogP contribution >= 0.6 is 0 Å². The highest BCUT2D eigenvalue weighted by Gasteiger charge is 2.06. The third-order valence-electron chi connectivity index (χ3n) is 2.09. The smallest absolute Gasteiger partial charge is 0.262 e. The molecule has 0 aliphatic carbocycles. The van der Waals surface area contributed by atoms with E-state index in [0.29, 0.717) is 5.56 Å². The van der Waals surface area contributed by atoms with Crippen molar-refractivity contribution in [1.29, 1.82) is 5.26 Å². The van der Waals surface area contributed by atoms with Crippen molar-refractivity contribution in [2.75, 3.05) is 0 Å². The molecular weight excluding hydrogens is 178 g/mol. The predicted molar refractivity (Wildman–Crippen MR) is 50.7 cm³/mol. The Bertz CT molecular complexity index is 548. The monoisotopic (exact) mass is 185 g/mol. The van der Waals surface area contributed by atoms with Crippen LogP contribution in [-0.4, -0.2) is 15.3 Å². The summed E-state index contributed by atoms with van der Waals surface area (Å²) in [5.41, 5.74) is 2.06. The van der Waals surface area contributed by atoms with E-state index in [9.17, 15) is 4.79 Å². The van der Waals surface area contributed by atoms with Gasteiger partial charge in [-0.2, -0.15) is 5.26 Å². The first kappa shape index (κ1) is 8.45. The minimum atomic E-state index is -0.530. The van der Waals surface area contributed by atoms with Crippen LogP contribution in [0.25, 0.3) is 11.0 Å². The quantitative estimate of drug-likeness (QED) is 0.496. The number of aryl methyl sites for hydroxylation is 1. The lowest BCUT2D eigenvalue weighted by Crippen LogP contribution is -1.94. The highest BCUT2D eigenvalue weighted by atomic mass is 16.1. The Morgan fingerprint density at radius 3 is 3.07 bits per heavy atom. The van der Waals surface area contributed by atoms with E-state index in [1.807, 2.05) is 11.6 Å². The number of carbonyl (C=O) groups excluding carboxylic acids is 1. The van der Waals surface area contributed by atoms with E-state index in [4.69, 9.17) is 5.26 Å². The number of fused-ring (bicyclic) bond motifs is 1. The third-order valence-corrected chi connectivity index (χ3v) is 2.09. The normalized spacial score (nSPS) is 10.0. The van der Waals surface area contributed by atoms with Gasteiger partial charge in [0.15, 0.2) is 0 Å². The number of aromatic nitrogens is 2. The molecule has 0 saturated heterocycles. The zero-order valence-electron chi connectivity index (χ0n) is 7.56. The van der Waals surface area contributed by atoms with E-state index in [1.54, 1.807) is 30.6 Å². The Hall–Kier alpha value is -2.15. The van der Waals surface area contributed by atoms with Crippen LogP contribution in [0.5, 0.6) is 0 Å². The Morgan fingerprint density at radius 1 is 1.57 bits per heavy atom. The average molecular weight is 185 g/mol. The molecule has 14 heavy (non-hydrogen) atoms. The van der Waals surface area contributed by atoms with Gasteiger partial charge in [0.05, 0.1) is 17.4 Å². The van der Waals surface area contributed by atoms with Gasteiger partial charge in [-0.25, -0.2) is 4.98 Å². The summed E-state index contributed by atoms with van der Waals surface area (Å²) < 4.78 is 1.86. The van der Waals surface area contributed by atoms with E-state index < -0.39 is 5.78 Å². The fourth-order valence-corrected chi connectivity index (χ4v) is 1.34. The molecule has 68 valence electrons. The van der Waals surface area contributed by atoms with Gasteiger partial charge in [-0.1, -0.05) is 0 Å². The van der Waals surface area contributed by atoms with Crippen LogP contribution in [0, 0.1) is 11.3 Å². The maximum absolute atomic E-state index is 11.1. The predicted octanol–water partition coefficient (Wildman–Crippen LogP) is 1.28. The summed E-state index contributed by atoms with van der Waals surface area (Å²) in [6.45, 7) is 0. The number of carbonyl (C=O) groups is 1. The molecule has 0 aliphatic heterocycles. The number of Topliss-reactive ketones (excluding diaryl/α,β-unsaturated/α-hetero) is 1. The Balaban J connectivity index is 2.64. The van der Waals surface area contributed by atoms with Crippen molar-refractivity contribution in [3.63, 3.8) is 0 Å². The molecule has 1 heterocycles.